The van der Waals surface area contributed by atoms with Gasteiger partial charge in [0.15, 0.2) is 10.8 Å². The SMILES string of the molecule is CCCNc1nc(SCC)nc2c1cnn2CCNC(=O)Cc1ccc(OCC)cc1. The molecule has 0 aliphatic heterocycles. The van der Waals surface area contributed by atoms with Gasteiger partial charge in [-0.3, -0.25) is 4.79 Å². The summed E-state index contributed by atoms with van der Waals surface area (Å²) in [6.07, 6.45) is 3.13. The van der Waals surface area contributed by atoms with Crippen LogP contribution in [0.25, 0.3) is 11.0 Å². The molecule has 0 radical (unpaired) electrons. The summed E-state index contributed by atoms with van der Waals surface area (Å²) in [6.45, 7) is 8.63. The standard InChI is InChI=1S/C22H30N6O2S/c1-4-11-24-20-18-15-25-28(21(18)27-22(26-20)31-6-3)13-12-23-19(29)14-16-7-9-17(10-8-16)30-5-2/h7-10,15H,4-6,11-14H2,1-3H3,(H,23,29)(H,24,26,27). The third-order valence-corrected chi connectivity index (χ3v) is 5.27. The first kappa shape index (κ1) is 22.9. The second kappa shape index (κ2) is 11.5. The third kappa shape index (κ3) is 6.33. The van der Waals surface area contributed by atoms with Gasteiger partial charge < -0.3 is 15.4 Å². The maximum Gasteiger partial charge on any atom is 0.224 e. The van der Waals surface area contributed by atoms with E-state index in [0.29, 0.717) is 26.1 Å². The fourth-order valence-corrected chi connectivity index (χ4v) is 3.66. The van der Waals surface area contributed by atoms with E-state index in [9.17, 15) is 4.79 Å². The summed E-state index contributed by atoms with van der Waals surface area (Å²) >= 11 is 1.60. The Hall–Kier alpha value is -2.81. The largest absolute Gasteiger partial charge is 0.494 e. The molecule has 1 amide bonds. The highest BCUT2D eigenvalue weighted by atomic mass is 32.2. The van der Waals surface area contributed by atoms with Gasteiger partial charge in [-0.1, -0.05) is 37.7 Å². The molecular weight excluding hydrogens is 412 g/mol. The average molecular weight is 443 g/mol. The molecule has 166 valence electrons. The Labute approximate surface area is 187 Å². The van der Waals surface area contributed by atoms with Crippen molar-refractivity contribution in [3.05, 3.63) is 36.0 Å². The van der Waals surface area contributed by atoms with Crippen molar-refractivity contribution in [2.45, 2.75) is 45.3 Å². The number of fused-ring (bicyclic) bond motifs is 1. The van der Waals surface area contributed by atoms with Crippen molar-refractivity contribution in [1.82, 2.24) is 25.1 Å². The molecule has 3 aromatic rings. The number of carbonyl (C=O) groups excluding carboxylic acids is 1. The second-order valence-electron chi connectivity index (χ2n) is 6.92. The smallest absolute Gasteiger partial charge is 0.224 e. The molecule has 0 spiro atoms. The van der Waals surface area contributed by atoms with Crippen molar-refractivity contribution in [2.24, 2.45) is 0 Å². The lowest BCUT2D eigenvalue weighted by Crippen LogP contribution is -2.28. The lowest BCUT2D eigenvalue weighted by Gasteiger charge is -2.09. The monoisotopic (exact) mass is 442 g/mol. The quantitative estimate of drug-likeness (QED) is 0.327. The first-order valence-corrected chi connectivity index (χ1v) is 11.7. The molecule has 2 N–H and O–H groups in total. The van der Waals surface area contributed by atoms with Crippen LogP contribution >= 0.6 is 11.8 Å². The van der Waals surface area contributed by atoms with Gasteiger partial charge in [-0.2, -0.15) is 5.10 Å². The number of thioether (sulfide) groups is 1. The molecule has 2 aromatic heterocycles. The topological polar surface area (TPSA) is 94.0 Å². The number of benzene rings is 1. The van der Waals surface area contributed by atoms with Crippen LogP contribution in [0.2, 0.25) is 0 Å². The number of aromatic nitrogens is 4. The van der Waals surface area contributed by atoms with E-state index in [0.717, 1.165) is 52.0 Å². The summed E-state index contributed by atoms with van der Waals surface area (Å²) < 4.78 is 7.26. The van der Waals surface area contributed by atoms with E-state index >= 15 is 0 Å². The normalized spacial score (nSPS) is 10.9. The zero-order valence-corrected chi connectivity index (χ0v) is 19.2. The zero-order valence-electron chi connectivity index (χ0n) is 18.4. The Morgan fingerprint density at radius 2 is 1.94 bits per heavy atom. The highest BCUT2D eigenvalue weighted by Gasteiger charge is 2.13. The molecule has 0 aliphatic carbocycles. The minimum absolute atomic E-state index is 0.0252. The summed E-state index contributed by atoms with van der Waals surface area (Å²) in [5.41, 5.74) is 1.73. The number of hydrogen-bond acceptors (Lipinski definition) is 7. The van der Waals surface area contributed by atoms with E-state index in [4.69, 9.17) is 4.74 Å². The first-order chi connectivity index (χ1) is 15.1. The van der Waals surface area contributed by atoms with Gasteiger partial charge in [0.1, 0.15) is 11.6 Å². The molecule has 1 aromatic carbocycles. The first-order valence-electron chi connectivity index (χ1n) is 10.7. The summed E-state index contributed by atoms with van der Waals surface area (Å²) in [5, 5.41) is 12.4. The van der Waals surface area contributed by atoms with Crippen LogP contribution in [0.15, 0.2) is 35.6 Å². The van der Waals surface area contributed by atoms with Crippen molar-refractivity contribution >= 4 is 34.5 Å². The van der Waals surface area contributed by atoms with Crippen LogP contribution in [0.5, 0.6) is 5.75 Å². The van der Waals surface area contributed by atoms with Crippen LogP contribution in [0.3, 0.4) is 0 Å². The van der Waals surface area contributed by atoms with E-state index in [1.165, 1.54) is 0 Å². The minimum Gasteiger partial charge on any atom is -0.494 e. The Bertz CT molecular complexity index is 990. The van der Waals surface area contributed by atoms with Crippen LogP contribution in [-0.4, -0.2) is 51.1 Å². The highest BCUT2D eigenvalue weighted by Crippen LogP contribution is 2.24. The average Bonchev–Trinajstić information content (AvgIpc) is 3.17. The Balaban J connectivity index is 1.61. The number of hydrogen-bond donors (Lipinski definition) is 2. The van der Waals surface area contributed by atoms with Gasteiger partial charge in [0.05, 0.1) is 31.2 Å². The van der Waals surface area contributed by atoms with Crippen LogP contribution in [0, 0.1) is 0 Å². The van der Waals surface area contributed by atoms with E-state index < -0.39 is 0 Å². The molecule has 2 heterocycles. The van der Waals surface area contributed by atoms with Crippen LogP contribution < -0.4 is 15.4 Å². The number of carbonyl (C=O) groups is 1. The number of rotatable bonds is 12. The van der Waals surface area contributed by atoms with Gasteiger partial charge >= 0.3 is 0 Å². The van der Waals surface area contributed by atoms with E-state index in [-0.39, 0.29) is 5.91 Å². The molecule has 0 bridgehead atoms. The van der Waals surface area contributed by atoms with Crippen molar-refractivity contribution in [3.63, 3.8) is 0 Å². The van der Waals surface area contributed by atoms with Crippen molar-refractivity contribution in [3.8, 4) is 5.75 Å². The fraction of sp³-hybridized carbons (Fsp3) is 0.455. The summed E-state index contributed by atoms with van der Waals surface area (Å²) in [6, 6.07) is 7.61. The van der Waals surface area contributed by atoms with Crippen LogP contribution in [-0.2, 0) is 17.8 Å². The van der Waals surface area contributed by atoms with Crippen LogP contribution in [0.4, 0.5) is 5.82 Å². The van der Waals surface area contributed by atoms with E-state index in [1.807, 2.05) is 35.9 Å². The van der Waals surface area contributed by atoms with Crippen molar-refractivity contribution in [1.29, 1.82) is 0 Å². The van der Waals surface area contributed by atoms with Gasteiger partial charge in [0, 0.05) is 13.1 Å². The fourth-order valence-electron chi connectivity index (χ4n) is 3.09. The number of nitrogens with one attached hydrogen (secondary N) is 2. The molecule has 0 fully saturated rings. The van der Waals surface area contributed by atoms with E-state index in [1.54, 1.807) is 18.0 Å². The molecule has 0 saturated carbocycles. The summed E-state index contributed by atoms with van der Waals surface area (Å²) in [7, 11) is 0. The Morgan fingerprint density at radius 1 is 1.13 bits per heavy atom. The molecule has 31 heavy (non-hydrogen) atoms. The van der Waals surface area contributed by atoms with Crippen LogP contribution in [0.1, 0.15) is 32.8 Å². The van der Waals surface area contributed by atoms with Gasteiger partial charge in [0.2, 0.25) is 5.91 Å². The molecular formula is C22H30N6O2S. The Morgan fingerprint density at radius 3 is 2.65 bits per heavy atom. The predicted molar refractivity (Wildman–Crippen MR) is 125 cm³/mol. The summed E-state index contributed by atoms with van der Waals surface area (Å²) in [5.74, 6) is 2.50. The third-order valence-electron chi connectivity index (χ3n) is 4.54. The van der Waals surface area contributed by atoms with Gasteiger partial charge in [-0.25, -0.2) is 14.6 Å². The van der Waals surface area contributed by atoms with E-state index in [2.05, 4.69) is 39.5 Å². The second-order valence-corrected chi connectivity index (χ2v) is 8.15. The van der Waals surface area contributed by atoms with Gasteiger partial charge in [-0.05, 0) is 36.8 Å². The number of nitrogens with zero attached hydrogens (tertiary/aromatic N) is 4. The van der Waals surface area contributed by atoms with Crippen molar-refractivity contribution in [2.75, 3.05) is 30.8 Å². The molecule has 9 heteroatoms. The molecule has 0 atom stereocenters. The molecule has 0 unspecified atom stereocenters. The number of amides is 1. The number of anilines is 1. The molecule has 0 aliphatic rings. The zero-order chi connectivity index (χ0) is 22.1. The Kier molecular flexibility index (Phi) is 8.52. The summed E-state index contributed by atoms with van der Waals surface area (Å²) in [4.78, 5) is 21.6. The number of ether oxygens (including phenoxy) is 1. The lowest BCUT2D eigenvalue weighted by molar-refractivity contribution is -0.120. The maximum absolute atomic E-state index is 12.3. The van der Waals surface area contributed by atoms with Gasteiger partial charge in [-0.15, -0.1) is 0 Å². The molecule has 0 saturated heterocycles. The highest BCUT2D eigenvalue weighted by molar-refractivity contribution is 7.99. The lowest BCUT2D eigenvalue weighted by atomic mass is 10.1. The molecule has 8 nitrogen and oxygen atoms in total. The van der Waals surface area contributed by atoms with Crippen molar-refractivity contribution < 1.29 is 9.53 Å². The predicted octanol–water partition coefficient (Wildman–Crippen LogP) is 3.52. The maximum atomic E-state index is 12.3. The molecule has 3 rings (SSSR count). The van der Waals surface area contributed by atoms with Gasteiger partial charge in [0.25, 0.3) is 0 Å². The minimum atomic E-state index is -0.0252.